The molecule has 3 N–H and O–H groups in total. The van der Waals surface area contributed by atoms with Gasteiger partial charge in [0.2, 0.25) is 0 Å². The molecule has 1 atom stereocenters. The van der Waals surface area contributed by atoms with Gasteiger partial charge in [-0.1, -0.05) is 19.6 Å². The number of hydrogen-bond donors (Lipinski definition) is 3. The molecule has 0 saturated heterocycles. The summed E-state index contributed by atoms with van der Waals surface area (Å²) in [5, 5.41) is 20.9. The van der Waals surface area contributed by atoms with Gasteiger partial charge in [-0.05, 0) is 24.7 Å². The minimum absolute atomic E-state index is 0. The monoisotopic (exact) mass is 186 g/mol. The van der Waals surface area contributed by atoms with Crippen LogP contribution in [0, 0.1) is 0 Å². The first-order valence-corrected chi connectivity index (χ1v) is 3.60. The highest BCUT2D eigenvalue weighted by Crippen LogP contribution is 2.17. The highest BCUT2D eigenvalue weighted by atomic mass is 16.3. The van der Waals surface area contributed by atoms with E-state index < -0.39 is 13.1 Å². The van der Waals surface area contributed by atoms with Crippen molar-refractivity contribution in [2.75, 3.05) is 13.5 Å². The van der Waals surface area contributed by atoms with Crippen LogP contribution >= 0.6 is 0 Å². The molecule has 1 aromatic rings. The van der Waals surface area contributed by atoms with E-state index in [9.17, 15) is 5.11 Å². The molecule has 13 heavy (non-hydrogen) atoms. The summed E-state index contributed by atoms with van der Waals surface area (Å²) in [4.78, 5) is 0. The Morgan fingerprint density at radius 2 is 2.38 bits per heavy atom. The van der Waals surface area contributed by atoms with Gasteiger partial charge in [0.1, 0.15) is 5.75 Å². The lowest BCUT2D eigenvalue weighted by atomic mass is 10.1. The van der Waals surface area contributed by atoms with Gasteiger partial charge in [-0.15, -0.1) is 0 Å². The second-order valence-electron chi connectivity index (χ2n) is 2.49. The molecule has 0 aliphatic rings. The van der Waals surface area contributed by atoms with E-state index in [0.717, 1.165) is 0 Å². The molecule has 3 nitrogen and oxygen atoms in total. The van der Waals surface area contributed by atoms with E-state index in [1.165, 1.54) is 12.1 Å². The number of phenols is 1. The quantitative estimate of drug-likeness (QED) is 0.666. The molecular weight excluding hydrogens is 166 g/mol. The SMILES string of the molecule is C.[2H]C([2H])([2H])NCC(O)c1cccc(O)c1. The van der Waals surface area contributed by atoms with Gasteiger partial charge in [0.05, 0.1) is 6.10 Å². The van der Waals surface area contributed by atoms with Crippen molar-refractivity contribution in [1.82, 2.24) is 5.32 Å². The van der Waals surface area contributed by atoms with Crippen molar-refractivity contribution >= 4 is 0 Å². The highest BCUT2D eigenvalue weighted by Gasteiger charge is 2.05. The number of nitrogens with one attached hydrogen (secondary N) is 1. The summed E-state index contributed by atoms with van der Waals surface area (Å²) in [6.07, 6.45) is -0.947. The summed E-state index contributed by atoms with van der Waals surface area (Å²) in [7, 11) is 0. The average molecular weight is 186 g/mol. The standard InChI is InChI=1S/C9H13NO2.CH4/c1-10-6-9(12)7-3-2-4-8(11)5-7;/h2-5,9-12H,6H2,1H3;1H4/i1D3;. The first-order chi connectivity index (χ1) is 6.88. The fraction of sp³-hybridized carbons (Fsp3) is 0.400. The average Bonchev–Trinajstić information content (AvgIpc) is 2.13. The normalized spacial score (nSPS) is 16.2. The van der Waals surface area contributed by atoms with Crippen LogP contribution in [0.4, 0.5) is 0 Å². The molecule has 0 saturated carbocycles. The molecule has 74 valence electrons. The van der Waals surface area contributed by atoms with Gasteiger partial charge < -0.3 is 15.5 Å². The molecule has 0 spiro atoms. The summed E-state index contributed by atoms with van der Waals surface area (Å²) in [6, 6.07) is 6.08. The molecule has 0 fully saturated rings. The predicted molar refractivity (Wildman–Crippen MR) is 53.7 cm³/mol. The van der Waals surface area contributed by atoms with Gasteiger partial charge >= 0.3 is 0 Å². The molecule has 0 amide bonds. The van der Waals surface area contributed by atoms with Crippen LogP contribution in [0.5, 0.6) is 5.75 Å². The summed E-state index contributed by atoms with van der Waals surface area (Å²) < 4.78 is 20.7. The van der Waals surface area contributed by atoms with Crippen LogP contribution in [-0.4, -0.2) is 23.7 Å². The summed E-state index contributed by atoms with van der Waals surface area (Å²) in [5.41, 5.74) is 0.478. The van der Waals surface area contributed by atoms with Gasteiger partial charge in [0, 0.05) is 10.7 Å². The zero-order valence-electron chi connectivity index (χ0n) is 9.49. The van der Waals surface area contributed by atoms with Crippen molar-refractivity contribution in [2.45, 2.75) is 13.5 Å². The molecular formula is C10H17NO2. The number of benzene rings is 1. The smallest absolute Gasteiger partial charge is 0.115 e. The van der Waals surface area contributed by atoms with Gasteiger partial charge in [-0.2, -0.15) is 0 Å². The van der Waals surface area contributed by atoms with E-state index in [0.29, 0.717) is 5.56 Å². The first kappa shape index (κ1) is 7.35. The Morgan fingerprint density at radius 1 is 1.62 bits per heavy atom. The van der Waals surface area contributed by atoms with Crippen molar-refractivity contribution in [2.24, 2.45) is 0 Å². The third kappa shape index (κ3) is 3.44. The van der Waals surface area contributed by atoms with E-state index in [1.54, 1.807) is 12.1 Å². The molecule has 0 bridgehead atoms. The molecule has 1 rings (SSSR count). The van der Waals surface area contributed by atoms with Crippen molar-refractivity contribution in [3.8, 4) is 5.75 Å². The Balaban J connectivity index is 0.00000225. The number of aromatic hydroxyl groups is 1. The van der Waals surface area contributed by atoms with Crippen molar-refractivity contribution < 1.29 is 14.3 Å². The van der Waals surface area contributed by atoms with Crippen LogP contribution in [0.1, 0.15) is 23.2 Å². The summed E-state index contributed by atoms with van der Waals surface area (Å²) >= 11 is 0. The highest BCUT2D eigenvalue weighted by molar-refractivity contribution is 5.28. The maximum absolute atomic E-state index is 9.58. The Morgan fingerprint density at radius 3 is 3.00 bits per heavy atom. The van der Waals surface area contributed by atoms with Crippen molar-refractivity contribution in [3.05, 3.63) is 29.8 Å². The predicted octanol–water partition coefficient (Wildman–Crippen LogP) is 1.28. The van der Waals surface area contributed by atoms with E-state index in [4.69, 9.17) is 9.22 Å². The fourth-order valence-corrected chi connectivity index (χ4v) is 0.947. The van der Waals surface area contributed by atoms with Gasteiger partial charge in [0.15, 0.2) is 0 Å². The van der Waals surface area contributed by atoms with Gasteiger partial charge in [-0.25, -0.2) is 0 Å². The third-order valence-electron chi connectivity index (χ3n) is 1.55. The fourth-order valence-electron chi connectivity index (χ4n) is 0.947. The van der Waals surface area contributed by atoms with Crippen LogP contribution < -0.4 is 5.32 Å². The second kappa shape index (κ2) is 5.56. The molecule has 1 aromatic carbocycles. The lowest BCUT2D eigenvalue weighted by Gasteiger charge is -2.09. The van der Waals surface area contributed by atoms with E-state index in [-0.39, 0.29) is 19.7 Å². The second-order valence-corrected chi connectivity index (χ2v) is 2.49. The first-order valence-electron chi connectivity index (χ1n) is 5.10. The Labute approximate surface area is 83.3 Å². The number of aliphatic hydroxyl groups excluding tert-OH is 1. The molecule has 0 heterocycles. The van der Waals surface area contributed by atoms with Crippen LogP contribution in [0.15, 0.2) is 24.3 Å². The van der Waals surface area contributed by atoms with Crippen LogP contribution in [0.25, 0.3) is 0 Å². The van der Waals surface area contributed by atoms with E-state index >= 15 is 0 Å². The zero-order chi connectivity index (χ0) is 11.5. The lowest BCUT2D eigenvalue weighted by Crippen LogP contribution is -2.16. The number of phenolic OH excluding ortho intramolecular Hbond substituents is 1. The van der Waals surface area contributed by atoms with Crippen molar-refractivity contribution in [3.63, 3.8) is 0 Å². The number of likely N-dealkylation sites (N-methyl/N-ethyl adjacent to an activating group) is 1. The molecule has 3 heteroatoms. The summed E-state index contributed by atoms with van der Waals surface area (Å²) in [6.45, 7) is -2.35. The zero-order valence-corrected chi connectivity index (χ0v) is 6.49. The molecule has 0 radical (unpaired) electrons. The topological polar surface area (TPSA) is 52.5 Å². The minimum Gasteiger partial charge on any atom is -0.508 e. The largest absolute Gasteiger partial charge is 0.508 e. The number of rotatable bonds is 3. The van der Waals surface area contributed by atoms with E-state index in [2.05, 4.69) is 5.32 Å². The van der Waals surface area contributed by atoms with Gasteiger partial charge in [0.25, 0.3) is 0 Å². The van der Waals surface area contributed by atoms with Gasteiger partial charge in [-0.3, -0.25) is 0 Å². The number of hydrogen-bond acceptors (Lipinski definition) is 3. The van der Waals surface area contributed by atoms with Crippen LogP contribution in [0.2, 0.25) is 0 Å². The maximum atomic E-state index is 9.58. The molecule has 0 aliphatic carbocycles. The van der Waals surface area contributed by atoms with E-state index in [1.807, 2.05) is 0 Å². The Bertz CT molecular complexity index is 328. The maximum Gasteiger partial charge on any atom is 0.115 e. The minimum atomic E-state index is -2.27. The Kier molecular flexibility index (Phi) is 3.15. The van der Waals surface area contributed by atoms with Crippen molar-refractivity contribution in [1.29, 1.82) is 0 Å². The summed E-state index contributed by atoms with van der Waals surface area (Å²) in [5.74, 6) is 0.0421. The lowest BCUT2D eigenvalue weighted by molar-refractivity contribution is 0.177. The third-order valence-corrected chi connectivity index (χ3v) is 1.55. The molecule has 0 aliphatic heterocycles. The molecule has 0 aromatic heterocycles. The van der Waals surface area contributed by atoms with Crippen LogP contribution in [0.3, 0.4) is 0 Å². The number of aliphatic hydroxyl groups is 1. The molecule has 1 unspecified atom stereocenters. The Hall–Kier alpha value is -1.06. The van der Waals surface area contributed by atoms with Crippen LogP contribution in [-0.2, 0) is 0 Å².